The van der Waals surface area contributed by atoms with Crippen molar-refractivity contribution in [3.05, 3.63) is 0 Å². The number of carboxylic acids is 1. The van der Waals surface area contributed by atoms with Gasteiger partial charge in [-0.15, -0.1) is 0 Å². The summed E-state index contributed by atoms with van der Waals surface area (Å²) in [5.74, 6) is -0.585. The monoisotopic (exact) mass is 256 g/mol. The number of carbonyl (C=O) groups is 2. The van der Waals surface area contributed by atoms with Crippen LogP contribution in [0.25, 0.3) is 0 Å². The van der Waals surface area contributed by atoms with Gasteiger partial charge >= 0.3 is 5.97 Å². The van der Waals surface area contributed by atoms with Crippen LogP contribution >= 0.6 is 0 Å². The fourth-order valence-corrected chi connectivity index (χ4v) is 2.75. The number of carbonyl (C=O) groups excluding carboxylic acids is 1. The van der Waals surface area contributed by atoms with Crippen molar-refractivity contribution in [2.75, 3.05) is 19.6 Å². The molecular weight excluding hydrogens is 232 g/mol. The Bertz CT molecular complexity index is 294. The molecule has 0 aromatic rings. The highest BCUT2D eigenvalue weighted by atomic mass is 16.4. The minimum atomic E-state index is -0.999. The lowest BCUT2D eigenvalue weighted by Crippen LogP contribution is -2.43. The lowest BCUT2D eigenvalue weighted by molar-refractivity contribution is -0.138. The Kier molecular flexibility index (Phi) is 6.12. The SMILES string of the molecule is CCC[C@@H](C)[C@@H]1CCCN1CC(=O)NCC(=O)O. The van der Waals surface area contributed by atoms with Crippen LogP contribution in [0.15, 0.2) is 0 Å². The van der Waals surface area contributed by atoms with Crippen LogP contribution in [0.1, 0.15) is 39.5 Å². The molecule has 18 heavy (non-hydrogen) atoms. The number of hydrogen-bond donors (Lipinski definition) is 2. The van der Waals surface area contributed by atoms with Crippen LogP contribution in [0, 0.1) is 5.92 Å². The Morgan fingerprint density at radius 1 is 1.50 bits per heavy atom. The van der Waals surface area contributed by atoms with E-state index in [1.807, 2.05) is 0 Å². The lowest BCUT2D eigenvalue weighted by Gasteiger charge is -2.28. The molecule has 0 aromatic carbocycles. The first kappa shape index (κ1) is 15.0. The predicted molar refractivity (Wildman–Crippen MR) is 69.3 cm³/mol. The molecule has 1 saturated heterocycles. The number of rotatable bonds is 7. The smallest absolute Gasteiger partial charge is 0.322 e. The zero-order valence-corrected chi connectivity index (χ0v) is 11.3. The minimum absolute atomic E-state index is 0.187. The zero-order valence-electron chi connectivity index (χ0n) is 11.3. The van der Waals surface area contributed by atoms with Crippen molar-refractivity contribution >= 4 is 11.9 Å². The van der Waals surface area contributed by atoms with Gasteiger partial charge in [-0.25, -0.2) is 0 Å². The van der Waals surface area contributed by atoms with Crippen LogP contribution in [0.5, 0.6) is 0 Å². The highest BCUT2D eigenvalue weighted by Gasteiger charge is 2.29. The Morgan fingerprint density at radius 2 is 2.22 bits per heavy atom. The van der Waals surface area contributed by atoms with Gasteiger partial charge in [0.2, 0.25) is 5.91 Å². The first-order valence-electron chi connectivity index (χ1n) is 6.77. The molecule has 1 aliphatic heterocycles. The molecule has 5 nitrogen and oxygen atoms in total. The van der Waals surface area contributed by atoms with Crippen molar-refractivity contribution in [2.24, 2.45) is 5.92 Å². The van der Waals surface area contributed by atoms with Gasteiger partial charge in [-0.05, 0) is 31.7 Å². The van der Waals surface area contributed by atoms with E-state index in [2.05, 4.69) is 24.1 Å². The van der Waals surface area contributed by atoms with Gasteiger partial charge in [0.15, 0.2) is 0 Å². The second-order valence-electron chi connectivity index (χ2n) is 5.12. The van der Waals surface area contributed by atoms with Gasteiger partial charge in [0, 0.05) is 6.04 Å². The third-order valence-corrected chi connectivity index (χ3v) is 3.60. The van der Waals surface area contributed by atoms with Gasteiger partial charge < -0.3 is 10.4 Å². The summed E-state index contributed by atoms with van der Waals surface area (Å²) in [4.78, 5) is 24.2. The molecule has 104 valence electrons. The Morgan fingerprint density at radius 3 is 2.83 bits per heavy atom. The molecular formula is C13H24N2O3. The number of carboxylic acid groups (broad SMARTS) is 1. The largest absolute Gasteiger partial charge is 0.480 e. The second-order valence-corrected chi connectivity index (χ2v) is 5.12. The summed E-state index contributed by atoms with van der Waals surface area (Å²) in [6.45, 7) is 5.39. The molecule has 1 aliphatic rings. The molecule has 1 fully saturated rings. The summed E-state index contributed by atoms with van der Waals surface area (Å²) < 4.78 is 0. The third-order valence-electron chi connectivity index (χ3n) is 3.60. The van der Waals surface area contributed by atoms with Crippen molar-refractivity contribution in [3.63, 3.8) is 0 Å². The molecule has 1 amide bonds. The third kappa shape index (κ3) is 4.64. The van der Waals surface area contributed by atoms with Gasteiger partial charge in [-0.3, -0.25) is 14.5 Å². The van der Waals surface area contributed by atoms with Crippen LogP contribution in [0.2, 0.25) is 0 Å². The highest BCUT2D eigenvalue weighted by Crippen LogP contribution is 2.26. The van der Waals surface area contributed by atoms with Crippen molar-refractivity contribution in [3.8, 4) is 0 Å². The number of hydrogen-bond acceptors (Lipinski definition) is 3. The van der Waals surface area contributed by atoms with E-state index in [0.29, 0.717) is 18.5 Å². The average Bonchev–Trinajstić information content (AvgIpc) is 2.75. The molecule has 2 atom stereocenters. The summed E-state index contributed by atoms with van der Waals surface area (Å²) in [5.41, 5.74) is 0. The summed E-state index contributed by atoms with van der Waals surface area (Å²) in [5, 5.41) is 10.9. The van der Waals surface area contributed by atoms with Crippen LogP contribution in [0.3, 0.4) is 0 Å². The van der Waals surface area contributed by atoms with Gasteiger partial charge in [-0.1, -0.05) is 20.3 Å². The van der Waals surface area contributed by atoms with E-state index in [-0.39, 0.29) is 12.5 Å². The van der Waals surface area contributed by atoms with Gasteiger partial charge in [0.1, 0.15) is 6.54 Å². The standard InChI is InChI=1S/C13H24N2O3/c1-3-5-10(2)11-6-4-7-15(11)9-12(16)14-8-13(17)18/h10-11H,3-9H2,1-2H3,(H,14,16)(H,17,18)/t10-,11+/m1/s1. The lowest BCUT2D eigenvalue weighted by atomic mass is 9.95. The quantitative estimate of drug-likeness (QED) is 0.715. The van der Waals surface area contributed by atoms with Crippen molar-refractivity contribution in [2.45, 2.75) is 45.6 Å². The van der Waals surface area contributed by atoms with Crippen molar-refractivity contribution in [1.82, 2.24) is 10.2 Å². The van der Waals surface area contributed by atoms with E-state index >= 15 is 0 Å². The maximum absolute atomic E-state index is 11.6. The number of aliphatic carboxylic acids is 1. The molecule has 0 aromatic heterocycles. The molecule has 5 heteroatoms. The number of likely N-dealkylation sites (tertiary alicyclic amines) is 1. The molecule has 0 saturated carbocycles. The fourth-order valence-electron chi connectivity index (χ4n) is 2.75. The Labute approximate surface area is 109 Å². The minimum Gasteiger partial charge on any atom is -0.480 e. The maximum atomic E-state index is 11.6. The average molecular weight is 256 g/mol. The fraction of sp³-hybridized carbons (Fsp3) is 0.846. The van der Waals surface area contributed by atoms with E-state index in [1.54, 1.807) is 0 Å². The predicted octanol–water partition coefficient (Wildman–Crippen LogP) is 1.09. The van der Waals surface area contributed by atoms with E-state index in [4.69, 9.17) is 5.11 Å². The molecule has 0 unspecified atom stereocenters. The summed E-state index contributed by atoms with van der Waals surface area (Å²) in [6, 6.07) is 0.473. The van der Waals surface area contributed by atoms with Crippen LogP contribution in [0.4, 0.5) is 0 Å². The summed E-state index contributed by atoms with van der Waals surface area (Å²) >= 11 is 0. The molecule has 0 spiro atoms. The van der Waals surface area contributed by atoms with E-state index in [1.165, 1.54) is 6.42 Å². The van der Waals surface area contributed by atoms with Crippen molar-refractivity contribution in [1.29, 1.82) is 0 Å². The van der Waals surface area contributed by atoms with Crippen LogP contribution < -0.4 is 5.32 Å². The Hall–Kier alpha value is -1.10. The zero-order chi connectivity index (χ0) is 13.5. The number of nitrogens with one attached hydrogen (secondary N) is 1. The molecule has 0 aliphatic carbocycles. The number of nitrogens with zero attached hydrogens (tertiary/aromatic N) is 1. The summed E-state index contributed by atoms with van der Waals surface area (Å²) in [7, 11) is 0. The molecule has 0 bridgehead atoms. The van der Waals surface area contributed by atoms with E-state index < -0.39 is 5.97 Å². The van der Waals surface area contributed by atoms with Crippen molar-refractivity contribution < 1.29 is 14.7 Å². The van der Waals surface area contributed by atoms with Crippen LogP contribution in [-0.4, -0.2) is 47.6 Å². The summed E-state index contributed by atoms with van der Waals surface area (Å²) in [6.07, 6.45) is 4.62. The Balaban J connectivity index is 2.39. The second kappa shape index (κ2) is 7.36. The molecule has 2 N–H and O–H groups in total. The topological polar surface area (TPSA) is 69.6 Å². The number of amides is 1. The van der Waals surface area contributed by atoms with E-state index in [9.17, 15) is 9.59 Å². The highest BCUT2D eigenvalue weighted by molar-refractivity contribution is 5.82. The van der Waals surface area contributed by atoms with Gasteiger partial charge in [0.05, 0.1) is 6.54 Å². The first-order chi connectivity index (χ1) is 8.54. The van der Waals surface area contributed by atoms with Crippen LogP contribution in [-0.2, 0) is 9.59 Å². The molecule has 1 heterocycles. The van der Waals surface area contributed by atoms with E-state index in [0.717, 1.165) is 25.8 Å². The molecule has 1 rings (SSSR count). The first-order valence-corrected chi connectivity index (χ1v) is 6.77. The van der Waals surface area contributed by atoms with Gasteiger partial charge in [-0.2, -0.15) is 0 Å². The molecule has 0 radical (unpaired) electrons. The van der Waals surface area contributed by atoms with Gasteiger partial charge in [0.25, 0.3) is 0 Å². The normalized spacial score (nSPS) is 21.8. The maximum Gasteiger partial charge on any atom is 0.322 e.